The minimum absolute atomic E-state index is 0.0808. The van der Waals surface area contributed by atoms with Crippen molar-refractivity contribution >= 4 is 23.2 Å². The van der Waals surface area contributed by atoms with Crippen molar-refractivity contribution in [2.24, 2.45) is 0 Å². The molecule has 8 nitrogen and oxygen atoms in total. The van der Waals surface area contributed by atoms with Crippen LogP contribution in [0.5, 0.6) is 0 Å². The van der Waals surface area contributed by atoms with Crippen LogP contribution in [-0.2, 0) is 19.1 Å². The van der Waals surface area contributed by atoms with Crippen molar-refractivity contribution < 1.29 is 19.1 Å². The lowest BCUT2D eigenvalue weighted by Crippen LogP contribution is -2.29. The highest BCUT2D eigenvalue weighted by Crippen LogP contribution is 2.14. The molecular weight excluding hydrogens is 336 g/mol. The van der Waals surface area contributed by atoms with Crippen LogP contribution in [0, 0.1) is 11.3 Å². The maximum absolute atomic E-state index is 12.2. The van der Waals surface area contributed by atoms with Crippen molar-refractivity contribution in [3.63, 3.8) is 0 Å². The van der Waals surface area contributed by atoms with Crippen molar-refractivity contribution in [3.05, 3.63) is 36.0 Å². The van der Waals surface area contributed by atoms with Gasteiger partial charge in [-0.3, -0.25) is 9.59 Å². The summed E-state index contributed by atoms with van der Waals surface area (Å²) >= 11 is 0. The number of nitrogens with one attached hydrogen (secondary N) is 3. The Morgan fingerprint density at radius 1 is 1.12 bits per heavy atom. The number of anilines is 2. The Bertz CT molecular complexity index is 659. The molecule has 0 saturated heterocycles. The van der Waals surface area contributed by atoms with Gasteiger partial charge in [-0.15, -0.1) is 0 Å². The molecular formula is C18H24N4O4. The van der Waals surface area contributed by atoms with E-state index in [1.807, 2.05) is 19.9 Å². The van der Waals surface area contributed by atoms with Crippen LogP contribution in [0.4, 0.5) is 11.4 Å². The minimum Gasteiger partial charge on any atom is -0.385 e. The van der Waals surface area contributed by atoms with Gasteiger partial charge >= 0.3 is 0 Å². The lowest BCUT2D eigenvalue weighted by molar-refractivity contribution is -0.131. The van der Waals surface area contributed by atoms with E-state index in [0.717, 1.165) is 0 Å². The summed E-state index contributed by atoms with van der Waals surface area (Å²) in [6, 6.07) is 8.41. The SMILES string of the molecule is CCOC(CN/C=C(/C#N)C(=O)Nc1ccc(NC(C)=O)cc1)OCC. The largest absolute Gasteiger partial charge is 0.385 e. The van der Waals surface area contributed by atoms with Crippen LogP contribution in [0.2, 0.25) is 0 Å². The first-order chi connectivity index (χ1) is 12.5. The van der Waals surface area contributed by atoms with E-state index in [-0.39, 0.29) is 11.5 Å². The topological polar surface area (TPSA) is 112 Å². The first-order valence-corrected chi connectivity index (χ1v) is 8.26. The molecule has 0 heterocycles. The average Bonchev–Trinajstić information content (AvgIpc) is 2.60. The van der Waals surface area contributed by atoms with Crippen LogP contribution in [0.3, 0.4) is 0 Å². The van der Waals surface area contributed by atoms with Crippen LogP contribution >= 0.6 is 0 Å². The molecule has 0 fully saturated rings. The second kappa shape index (κ2) is 11.6. The number of hydrogen-bond acceptors (Lipinski definition) is 6. The zero-order valence-corrected chi connectivity index (χ0v) is 15.2. The maximum atomic E-state index is 12.2. The molecule has 1 rings (SSSR count). The van der Waals surface area contributed by atoms with Crippen molar-refractivity contribution in [1.82, 2.24) is 5.32 Å². The molecule has 1 aromatic carbocycles. The van der Waals surface area contributed by atoms with E-state index >= 15 is 0 Å². The van der Waals surface area contributed by atoms with Crippen molar-refractivity contribution in [3.8, 4) is 6.07 Å². The van der Waals surface area contributed by atoms with Gasteiger partial charge in [0.15, 0.2) is 6.29 Å². The molecule has 0 atom stereocenters. The fourth-order valence-corrected chi connectivity index (χ4v) is 1.98. The highest BCUT2D eigenvalue weighted by molar-refractivity contribution is 6.06. The van der Waals surface area contributed by atoms with Gasteiger partial charge in [0.1, 0.15) is 11.6 Å². The third-order valence-corrected chi connectivity index (χ3v) is 3.06. The predicted octanol–water partition coefficient (Wildman–Crippen LogP) is 1.98. The van der Waals surface area contributed by atoms with E-state index < -0.39 is 12.2 Å². The summed E-state index contributed by atoms with van der Waals surface area (Å²) in [7, 11) is 0. The first-order valence-electron chi connectivity index (χ1n) is 8.26. The zero-order valence-electron chi connectivity index (χ0n) is 15.2. The zero-order chi connectivity index (χ0) is 19.4. The number of nitriles is 1. The van der Waals surface area contributed by atoms with Crippen molar-refractivity contribution in [2.45, 2.75) is 27.1 Å². The molecule has 3 N–H and O–H groups in total. The van der Waals surface area contributed by atoms with Gasteiger partial charge in [0.05, 0.1) is 6.54 Å². The lowest BCUT2D eigenvalue weighted by atomic mass is 10.2. The summed E-state index contributed by atoms with van der Waals surface area (Å²) in [5.41, 5.74) is 1.04. The second-order valence-corrected chi connectivity index (χ2v) is 5.13. The van der Waals surface area contributed by atoms with Gasteiger partial charge in [-0.25, -0.2) is 0 Å². The summed E-state index contributed by atoms with van der Waals surface area (Å²) < 4.78 is 10.7. The summed E-state index contributed by atoms with van der Waals surface area (Å²) in [6.07, 6.45) is 0.872. The monoisotopic (exact) mass is 360 g/mol. The highest BCUT2D eigenvalue weighted by Gasteiger charge is 2.11. The van der Waals surface area contributed by atoms with Gasteiger partial charge in [-0.05, 0) is 38.1 Å². The maximum Gasteiger partial charge on any atom is 0.267 e. The molecule has 8 heteroatoms. The predicted molar refractivity (Wildman–Crippen MR) is 98.1 cm³/mol. The smallest absolute Gasteiger partial charge is 0.267 e. The molecule has 0 aliphatic heterocycles. The van der Waals surface area contributed by atoms with Gasteiger partial charge in [-0.2, -0.15) is 5.26 Å². The number of carbonyl (C=O) groups excluding carboxylic acids is 2. The Balaban J connectivity index is 2.62. The number of hydrogen-bond donors (Lipinski definition) is 3. The Hall–Kier alpha value is -2.89. The average molecular weight is 360 g/mol. The summed E-state index contributed by atoms with van der Waals surface area (Å²) in [6.45, 7) is 6.42. The highest BCUT2D eigenvalue weighted by atomic mass is 16.7. The number of ether oxygens (including phenoxy) is 2. The molecule has 0 saturated carbocycles. The molecule has 1 aromatic rings. The molecule has 0 spiro atoms. The van der Waals surface area contributed by atoms with Gasteiger partial charge < -0.3 is 25.4 Å². The van der Waals surface area contributed by atoms with E-state index in [4.69, 9.17) is 14.7 Å². The molecule has 0 aliphatic rings. The van der Waals surface area contributed by atoms with E-state index in [9.17, 15) is 9.59 Å². The summed E-state index contributed by atoms with van der Waals surface area (Å²) in [5, 5.41) is 17.3. The van der Waals surface area contributed by atoms with Crippen LogP contribution in [0.25, 0.3) is 0 Å². The van der Waals surface area contributed by atoms with Gasteiger partial charge in [0.25, 0.3) is 5.91 Å². The quantitative estimate of drug-likeness (QED) is 0.334. The van der Waals surface area contributed by atoms with Crippen LogP contribution in [-0.4, -0.2) is 37.9 Å². The second-order valence-electron chi connectivity index (χ2n) is 5.13. The Kier molecular flexibility index (Phi) is 9.46. The van der Waals surface area contributed by atoms with Gasteiger partial charge in [0, 0.05) is 37.7 Å². The number of amides is 2. The molecule has 0 bridgehead atoms. The fourth-order valence-electron chi connectivity index (χ4n) is 1.98. The Labute approximate surface area is 153 Å². The molecule has 26 heavy (non-hydrogen) atoms. The molecule has 0 aromatic heterocycles. The molecule has 0 unspecified atom stereocenters. The fraction of sp³-hybridized carbons (Fsp3) is 0.389. The lowest BCUT2D eigenvalue weighted by Gasteiger charge is -2.16. The van der Waals surface area contributed by atoms with E-state index in [2.05, 4.69) is 16.0 Å². The molecule has 2 amide bonds. The number of nitrogens with zero attached hydrogens (tertiary/aromatic N) is 1. The van der Waals surface area contributed by atoms with Crippen LogP contribution in [0.1, 0.15) is 20.8 Å². The molecule has 0 radical (unpaired) electrons. The first kappa shape index (κ1) is 21.2. The van der Waals surface area contributed by atoms with Gasteiger partial charge in [-0.1, -0.05) is 0 Å². The van der Waals surface area contributed by atoms with Crippen LogP contribution in [0.15, 0.2) is 36.0 Å². The number of rotatable bonds is 10. The van der Waals surface area contributed by atoms with E-state index in [1.54, 1.807) is 24.3 Å². The third kappa shape index (κ3) is 7.79. The minimum atomic E-state index is -0.545. The van der Waals surface area contributed by atoms with E-state index in [0.29, 0.717) is 31.1 Å². The molecule has 140 valence electrons. The number of benzene rings is 1. The standard InChI is InChI=1S/C18H24N4O4/c1-4-25-17(26-5-2)12-20-11-14(10-19)18(24)22-16-8-6-15(7-9-16)21-13(3)23/h6-9,11,17,20H,4-5,12H2,1-3H3,(H,21,23)(H,22,24)/b14-11-. The van der Waals surface area contributed by atoms with Crippen molar-refractivity contribution in [1.29, 1.82) is 5.26 Å². The normalized spacial score (nSPS) is 11.0. The van der Waals surface area contributed by atoms with Crippen molar-refractivity contribution in [2.75, 3.05) is 30.4 Å². The summed E-state index contributed by atoms with van der Waals surface area (Å²) in [4.78, 5) is 23.1. The summed E-state index contributed by atoms with van der Waals surface area (Å²) in [5.74, 6) is -0.725. The van der Waals surface area contributed by atoms with Gasteiger partial charge in [0.2, 0.25) is 5.91 Å². The Morgan fingerprint density at radius 3 is 2.12 bits per heavy atom. The van der Waals surface area contributed by atoms with Crippen LogP contribution < -0.4 is 16.0 Å². The third-order valence-electron chi connectivity index (χ3n) is 3.06. The van der Waals surface area contributed by atoms with E-state index in [1.165, 1.54) is 13.1 Å². The number of carbonyl (C=O) groups is 2. The molecule has 0 aliphatic carbocycles. The Morgan fingerprint density at radius 2 is 1.65 bits per heavy atom.